The molecular weight excluding hydrogens is 241 g/mol. The van der Waals surface area contributed by atoms with Crippen molar-refractivity contribution in [2.75, 3.05) is 0 Å². The first-order valence-electron chi connectivity index (χ1n) is 6.24. The highest BCUT2D eigenvalue weighted by Crippen LogP contribution is 2.25. The maximum Gasteiger partial charge on any atom is 0.141 e. The average molecular weight is 255 g/mol. The lowest BCUT2D eigenvalue weighted by molar-refractivity contribution is 0.626. The number of hydrogen-bond acceptors (Lipinski definition) is 2. The normalized spacial score (nSPS) is 11.4. The lowest BCUT2D eigenvalue weighted by Gasteiger charge is -2.07. The number of benzene rings is 1. The molecule has 0 amide bonds. The fourth-order valence-electron chi connectivity index (χ4n) is 2.07. The van der Waals surface area contributed by atoms with Crippen LogP contribution in [0.2, 0.25) is 0 Å². The number of rotatable bonds is 2. The van der Waals surface area contributed by atoms with E-state index in [4.69, 9.17) is 0 Å². The molecule has 3 aromatic rings. The Morgan fingerprint density at radius 1 is 1.21 bits per heavy atom. The molecule has 2 aromatic heterocycles. The van der Waals surface area contributed by atoms with Crippen molar-refractivity contribution in [1.82, 2.24) is 15.0 Å². The van der Waals surface area contributed by atoms with Crippen LogP contribution in [0.4, 0.5) is 4.39 Å². The molecule has 3 rings (SSSR count). The molecule has 4 heteroatoms. The summed E-state index contributed by atoms with van der Waals surface area (Å²) in [5.41, 5.74) is 3.07. The highest BCUT2D eigenvalue weighted by atomic mass is 19.1. The molecular formula is C15H14FN3. The summed E-state index contributed by atoms with van der Waals surface area (Å²) in [7, 11) is 0. The first-order valence-corrected chi connectivity index (χ1v) is 6.24. The molecule has 0 atom stereocenters. The van der Waals surface area contributed by atoms with Gasteiger partial charge >= 0.3 is 0 Å². The van der Waals surface area contributed by atoms with Gasteiger partial charge in [0.2, 0.25) is 0 Å². The van der Waals surface area contributed by atoms with E-state index >= 15 is 0 Å². The fourth-order valence-corrected chi connectivity index (χ4v) is 2.07. The fraction of sp³-hybridized carbons (Fsp3) is 0.200. The van der Waals surface area contributed by atoms with E-state index in [2.05, 4.69) is 15.0 Å². The third-order valence-corrected chi connectivity index (χ3v) is 3.20. The number of halogens is 1. The average Bonchev–Trinajstić information content (AvgIpc) is 2.81. The van der Waals surface area contributed by atoms with Crippen LogP contribution in [0, 0.1) is 5.82 Å². The van der Waals surface area contributed by atoms with E-state index in [1.807, 2.05) is 19.9 Å². The van der Waals surface area contributed by atoms with Crippen LogP contribution < -0.4 is 0 Å². The highest BCUT2D eigenvalue weighted by Gasteiger charge is 2.11. The van der Waals surface area contributed by atoms with Crippen molar-refractivity contribution in [3.05, 3.63) is 48.0 Å². The van der Waals surface area contributed by atoms with Crippen molar-refractivity contribution in [3.63, 3.8) is 0 Å². The second-order valence-corrected chi connectivity index (χ2v) is 4.87. The van der Waals surface area contributed by atoms with Gasteiger partial charge < -0.3 is 4.98 Å². The molecule has 0 bridgehead atoms. The monoisotopic (exact) mass is 255 g/mol. The summed E-state index contributed by atoms with van der Waals surface area (Å²) >= 11 is 0. The van der Waals surface area contributed by atoms with Crippen molar-refractivity contribution in [1.29, 1.82) is 0 Å². The summed E-state index contributed by atoms with van der Waals surface area (Å²) in [5, 5.41) is 0. The Kier molecular flexibility index (Phi) is 2.78. The van der Waals surface area contributed by atoms with Crippen LogP contribution in [-0.2, 0) is 0 Å². The summed E-state index contributed by atoms with van der Waals surface area (Å²) in [6, 6.07) is 7.09. The Labute approximate surface area is 110 Å². The minimum Gasteiger partial charge on any atom is -0.337 e. The molecule has 0 aliphatic rings. The zero-order valence-electron chi connectivity index (χ0n) is 10.8. The number of aromatic nitrogens is 3. The summed E-state index contributed by atoms with van der Waals surface area (Å²) in [6.07, 6.45) is 3.36. The Morgan fingerprint density at radius 2 is 2.05 bits per heavy atom. The number of H-pyrrole nitrogens is 1. The highest BCUT2D eigenvalue weighted by molar-refractivity contribution is 5.78. The van der Waals surface area contributed by atoms with E-state index < -0.39 is 0 Å². The zero-order valence-corrected chi connectivity index (χ0v) is 10.8. The van der Waals surface area contributed by atoms with Gasteiger partial charge in [-0.15, -0.1) is 0 Å². The number of aromatic amines is 1. The predicted octanol–water partition coefficient (Wildman–Crippen LogP) is 3.89. The molecule has 0 radical (unpaired) electrons. The molecule has 0 aliphatic carbocycles. The van der Waals surface area contributed by atoms with E-state index in [1.165, 1.54) is 0 Å². The van der Waals surface area contributed by atoms with Crippen LogP contribution in [-0.4, -0.2) is 15.0 Å². The standard InChI is InChI=1S/C15H14FN3/c1-9(2)10-3-4-11(12(16)7-10)15-18-13-5-6-17-8-14(13)19-15/h3-9H,1-2H3,(H,18,19). The summed E-state index contributed by atoms with van der Waals surface area (Å²) in [6.45, 7) is 4.09. The Morgan fingerprint density at radius 3 is 2.74 bits per heavy atom. The van der Waals surface area contributed by atoms with Crippen LogP contribution in [0.25, 0.3) is 22.4 Å². The molecule has 19 heavy (non-hydrogen) atoms. The van der Waals surface area contributed by atoms with Crippen molar-refractivity contribution in [2.24, 2.45) is 0 Å². The molecule has 1 aromatic carbocycles. The topological polar surface area (TPSA) is 41.6 Å². The van der Waals surface area contributed by atoms with Crippen LogP contribution in [0.3, 0.4) is 0 Å². The van der Waals surface area contributed by atoms with Gasteiger partial charge in [-0.05, 0) is 29.7 Å². The maximum absolute atomic E-state index is 14.1. The molecule has 0 spiro atoms. The van der Waals surface area contributed by atoms with Crippen molar-refractivity contribution < 1.29 is 4.39 Å². The Hall–Kier alpha value is -2.23. The van der Waals surface area contributed by atoms with E-state index in [1.54, 1.807) is 30.6 Å². The SMILES string of the molecule is CC(C)c1ccc(-c2nc3ccncc3[nH]2)c(F)c1. The van der Waals surface area contributed by atoms with Gasteiger partial charge in [-0.1, -0.05) is 19.9 Å². The molecule has 96 valence electrons. The van der Waals surface area contributed by atoms with E-state index in [0.29, 0.717) is 17.3 Å². The summed E-state index contributed by atoms with van der Waals surface area (Å²) in [5.74, 6) is 0.595. The number of imidazole rings is 1. The van der Waals surface area contributed by atoms with Gasteiger partial charge in [-0.3, -0.25) is 4.98 Å². The van der Waals surface area contributed by atoms with E-state index in [0.717, 1.165) is 16.6 Å². The quantitative estimate of drug-likeness (QED) is 0.754. The van der Waals surface area contributed by atoms with Crippen molar-refractivity contribution in [2.45, 2.75) is 19.8 Å². The van der Waals surface area contributed by atoms with Gasteiger partial charge in [0.05, 0.1) is 22.8 Å². The molecule has 1 N–H and O–H groups in total. The Balaban J connectivity index is 2.11. The summed E-state index contributed by atoms with van der Waals surface area (Å²) in [4.78, 5) is 11.5. The number of hydrogen-bond donors (Lipinski definition) is 1. The first-order chi connectivity index (χ1) is 9.15. The molecule has 3 nitrogen and oxygen atoms in total. The number of nitrogens with zero attached hydrogens (tertiary/aromatic N) is 2. The minimum absolute atomic E-state index is 0.252. The van der Waals surface area contributed by atoms with Gasteiger partial charge in [-0.2, -0.15) is 0 Å². The zero-order chi connectivity index (χ0) is 13.4. The second kappa shape index (κ2) is 4.46. The molecule has 2 heterocycles. The van der Waals surface area contributed by atoms with Crippen molar-refractivity contribution >= 4 is 11.0 Å². The van der Waals surface area contributed by atoms with E-state index in [-0.39, 0.29) is 5.82 Å². The van der Waals surface area contributed by atoms with Crippen LogP contribution >= 0.6 is 0 Å². The first kappa shape index (κ1) is 11.8. The largest absolute Gasteiger partial charge is 0.337 e. The third kappa shape index (κ3) is 2.10. The third-order valence-electron chi connectivity index (χ3n) is 3.20. The van der Waals surface area contributed by atoms with Gasteiger partial charge in [-0.25, -0.2) is 9.37 Å². The van der Waals surface area contributed by atoms with Crippen LogP contribution in [0.1, 0.15) is 25.3 Å². The lowest BCUT2D eigenvalue weighted by atomic mass is 10.0. The van der Waals surface area contributed by atoms with Crippen molar-refractivity contribution in [3.8, 4) is 11.4 Å². The van der Waals surface area contributed by atoms with Gasteiger partial charge in [0.15, 0.2) is 0 Å². The maximum atomic E-state index is 14.1. The summed E-state index contributed by atoms with van der Waals surface area (Å²) < 4.78 is 14.1. The number of fused-ring (bicyclic) bond motifs is 1. The lowest BCUT2D eigenvalue weighted by Crippen LogP contribution is -1.92. The van der Waals surface area contributed by atoms with Crippen LogP contribution in [0.5, 0.6) is 0 Å². The predicted molar refractivity (Wildman–Crippen MR) is 73.4 cm³/mol. The molecule has 0 saturated heterocycles. The minimum atomic E-state index is -0.252. The number of pyridine rings is 1. The van der Waals surface area contributed by atoms with Gasteiger partial charge in [0.1, 0.15) is 11.6 Å². The smallest absolute Gasteiger partial charge is 0.141 e. The Bertz CT molecular complexity index is 698. The molecule has 0 saturated carbocycles. The molecule has 0 aliphatic heterocycles. The van der Waals surface area contributed by atoms with Crippen LogP contribution in [0.15, 0.2) is 36.7 Å². The van der Waals surface area contributed by atoms with E-state index in [9.17, 15) is 4.39 Å². The van der Waals surface area contributed by atoms with Gasteiger partial charge in [0.25, 0.3) is 0 Å². The number of nitrogens with one attached hydrogen (secondary N) is 1. The van der Waals surface area contributed by atoms with Gasteiger partial charge in [0, 0.05) is 6.20 Å². The molecule has 0 unspecified atom stereocenters. The molecule has 0 fully saturated rings. The second-order valence-electron chi connectivity index (χ2n) is 4.87.